The largest absolute Gasteiger partial charge is 0.378 e. The number of benzene rings is 1. The third-order valence-electron chi connectivity index (χ3n) is 4.45. The molecule has 1 heterocycles. The molecule has 2 unspecified atom stereocenters. The Labute approximate surface area is 135 Å². The molecule has 1 saturated carbocycles. The monoisotopic (exact) mass is 314 g/mol. The lowest BCUT2D eigenvalue weighted by Crippen LogP contribution is -2.31. The number of nitrogens with one attached hydrogen (secondary N) is 1. The molecule has 0 radical (unpaired) electrons. The topological polar surface area (TPSA) is 94.0 Å². The first-order valence-electron chi connectivity index (χ1n) is 7.99. The van der Waals surface area contributed by atoms with Gasteiger partial charge in [-0.05, 0) is 39.7 Å². The number of aromatic nitrogens is 2. The van der Waals surface area contributed by atoms with Crippen LogP contribution in [0.2, 0.25) is 0 Å². The second-order valence-electron chi connectivity index (χ2n) is 6.54. The molecule has 1 aliphatic carbocycles. The molecule has 0 amide bonds. The van der Waals surface area contributed by atoms with Gasteiger partial charge in [-0.1, -0.05) is 38.1 Å². The van der Waals surface area contributed by atoms with Crippen molar-refractivity contribution in [3.05, 3.63) is 35.4 Å². The molecule has 0 saturated heterocycles. The van der Waals surface area contributed by atoms with Gasteiger partial charge < -0.3 is 11.1 Å². The first-order valence-corrected chi connectivity index (χ1v) is 7.99. The van der Waals surface area contributed by atoms with Gasteiger partial charge in [0.1, 0.15) is 5.78 Å². The number of carbonyl (C=O) groups is 1. The van der Waals surface area contributed by atoms with Gasteiger partial charge in [0.05, 0.1) is 0 Å². The number of rotatable bonds is 4. The van der Waals surface area contributed by atoms with Gasteiger partial charge >= 0.3 is 0 Å². The van der Waals surface area contributed by atoms with Crippen molar-refractivity contribution in [1.82, 2.24) is 10.3 Å². The van der Waals surface area contributed by atoms with Crippen LogP contribution in [-0.2, 0) is 4.79 Å². The van der Waals surface area contributed by atoms with Crippen LogP contribution < -0.4 is 11.1 Å². The molecule has 0 aliphatic heterocycles. The molecule has 0 bridgehead atoms. The van der Waals surface area contributed by atoms with Crippen LogP contribution in [0.15, 0.2) is 28.9 Å². The fourth-order valence-corrected chi connectivity index (χ4v) is 3.15. The molecule has 6 heteroatoms. The summed E-state index contributed by atoms with van der Waals surface area (Å²) in [6, 6.07) is 8.59. The van der Waals surface area contributed by atoms with E-state index in [4.69, 9.17) is 5.73 Å². The molecule has 3 rings (SSSR count). The smallest absolute Gasteiger partial charge is 0.215 e. The third kappa shape index (κ3) is 3.52. The van der Waals surface area contributed by atoms with Crippen LogP contribution in [0, 0.1) is 0 Å². The number of ketones is 1. The van der Waals surface area contributed by atoms with Gasteiger partial charge in [0.15, 0.2) is 0 Å². The minimum absolute atomic E-state index is 0.000209. The summed E-state index contributed by atoms with van der Waals surface area (Å²) in [6.45, 7) is 4.35. The maximum Gasteiger partial charge on any atom is 0.215 e. The highest BCUT2D eigenvalue weighted by molar-refractivity contribution is 5.81. The Kier molecular flexibility index (Phi) is 4.32. The Bertz CT molecular complexity index is 678. The van der Waals surface area contributed by atoms with Crippen LogP contribution in [0.25, 0.3) is 0 Å². The van der Waals surface area contributed by atoms with Gasteiger partial charge in [-0.3, -0.25) is 4.79 Å². The van der Waals surface area contributed by atoms with Crippen molar-refractivity contribution in [3.8, 4) is 0 Å². The van der Waals surface area contributed by atoms with Crippen LogP contribution in [0.3, 0.4) is 0 Å². The summed E-state index contributed by atoms with van der Waals surface area (Å²) in [7, 11) is 0. The predicted octanol–water partition coefficient (Wildman–Crippen LogP) is 3.09. The van der Waals surface area contributed by atoms with Crippen molar-refractivity contribution in [2.45, 2.75) is 51.0 Å². The molecule has 122 valence electrons. The number of nitrogens with two attached hydrogens (primary N) is 1. The molecule has 6 nitrogen and oxygen atoms in total. The highest BCUT2D eigenvalue weighted by Gasteiger charge is 2.29. The van der Waals surface area contributed by atoms with Crippen LogP contribution in [0.4, 0.5) is 11.6 Å². The first-order chi connectivity index (χ1) is 11.0. The molecule has 1 aliphatic rings. The van der Waals surface area contributed by atoms with Crippen molar-refractivity contribution in [1.29, 1.82) is 0 Å². The van der Waals surface area contributed by atoms with E-state index in [2.05, 4.69) is 58.4 Å². The van der Waals surface area contributed by atoms with E-state index in [9.17, 15) is 4.79 Å². The van der Waals surface area contributed by atoms with Crippen molar-refractivity contribution in [3.63, 3.8) is 0 Å². The molecular formula is C17H22N4O2. The van der Waals surface area contributed by atoms with Gasteiger partial charge in [0.25, 0.3) is 0 Å². The number of anilines is 2. The Hall–Kier alpha value is -2.37. The molecule has 2 atom stereocenters. The van der Waals surface area contributed by atoms with E-state index in [1.807, 2.05) is 0 Å². The average Bonchev–Trinajstić information content (AvgIpc) is 2.92. The zero-order valence-corrected chi connectivity index (χ0v) is 13.5. The fraction of sp³-hybridized carbons (Fsp3) is 0.471. The maximum absolute atomic E-state index is 12.1. The molecule has 2 aromatic rings. The van der Waals surface area contributed by atoms with Crippen LogP contribution in [0.5, 0.6) is 0 Å². The lowest BCUT2D eigenvalue weighted by molar-refractivity contribution is -0.120. The zero-order chi connectivity index (χ0) is 16.4. The van der Waals surface area contributed by atoms with Crippen LogP contribution in [0.1, 0.15) is 56.1 Å². The normalized spacial score (nSPS) is 21.6. The van der Waals surface area contributed by atoms with E-state index in [1.54, 1.807) is 0 Å². The molecule has 3 N–H and O–H groups in total. The molecule has 0 spiro atoms. The van der Waals surface area contributed by atoms with E-state index in [0.29, 0.717) is 24.6 Å². The zero-order valence-electron chi connectivity index (χ0n) is 13.5. The van der Waals surface area contributed by atoms with Crippen molar-refractivity contribution >= 4 is 17.4 Å². The van der Waals surface area contributed by atoms with Gasteiger partial charge in [-0.15, -0.1) is 0 Å². The minimum Gasteiger partial charge on any atom is -0.378 e. The molecular weight excluding hydrogens is 292 g/mol. The number of carbonyl (C=O) groups excluding carboxylic acids is 1. The summed E-state index contributed by atoms with van der Waals surface area (Å²) < 4.78 is 4.59. The second kappa shape index (κ2) is 6.40. The summed E-state index contributed by atoms with van der Waals surface area (Å²) in [4.78, 5) is 12.1. The second-order valence-corrected chi connectivity index (χ2v) is 6.54. The van der Waals surface area contributed by atoms with Crippen molar-refractivity contribution in [2.75, 3.05) is 11.1 Å². The predicted molar refractivity (Wildman–Crippen MR) is 88.3 cm³/mol. The Morgan fingerprint density at radius 3 is 2.57 bits per heavy atom. The summed E-state index contributed by atoms with van der Waals surface area (Å²) in [5.74, 6) is 1.62. The average molecular weight is 314 g/mol. The van der Waals surface area contributed by atoms with Gasteiger partial charge in [0.2, 0.25) is 11.6 Å². The van der Waals surface area contributed by atoms with Gasteiger partial charge in [-0.2, -0.15) is 0 Å². The van der Waals surface area contributed by atoms with Crippen molar-refractivity contribution in [2.24, 2.45) is 0 Å². The standard InChI is InChI=1S/C17H22N4O2/c1-10(2)11-3-5-12(6-4-11)13-7-14(9-15(22)8-13)19-17-16(18)20-23-21-17/h3-6,10,13-14H,7-9H2,1-2H3,(H2,18,20)(H,19,21). The van der Waals surface area contributed by atoms with Crippen LogP contribution in [-0.4, -0.2) is 22.1 Å². The van der Waals surface area contributed by atoms with E-state index in [1.165, 1.54) is 11.1 Å². The summed E-state index contributed by atoms with van der Waals surface area (Å²) in [6.07, 6.45) is 1.93. The molecule has 23 heavy (non-hydrogen) atoms. The number of hydrogen-bond acceptors (Lipinski definition) is 6. The quantitative estimate of drug-likeness (QED) is 0.900. The lowest BCUT2D eigenvalue weighted by Gasteiger charge is -2.29. The fourth-order valence-electron chi connectivity index (χ4n) is 3.15. The maximum atomic E-state index is 12.1. The summed E-state index contributed by atoms with van der Waals surface area (Å²) in [5.41, 5.74) is 8.19. The molecule has 1 fully saturated rings. The van der Waals surface area contributed by atoms with E-state index in [0.717, 1.165) is 6.42 Å². The van der Waals surface area contributed by atoms with Gasteiger partial charge in [0, 0.05) is 18.9 Å². The lowest BCUT2D eigenvalue weighted by atomic mass is 9.80. The van der Waals surface area contributed by atoms with Crippen LogP contribution >= 0.6 is 0 Å². The Balaban J connectivity index is 1.72. The van der Waals surface area contributed by atoms with Gasteiger partial charge in [-0.25, -0.2) is 4.63 Å². The minimum atomic E-state index is 0.000209. The highest BCUT2D eigenvalue weighted by atomic mass is 16.6. The molecule has 1 aromatic heterocycles. The first kappa shape index (κ1) is 15.5. The summed E-state index contributed by atoms with van der Waals surface area (Å²) in [5, 5.41) is 10.5. The summed E-state index contributed by atoms with van der Waals surface area (Å²) >= 11 is 0. The highest BCUT2D eigenvalue weighted by Crippen LogP contribution is 2.33. The van der Waals surface area contributed by atoms with E-state index >= 15 is 0 Å². The van der Waals surface area contributed by atoms with Crippen molar-refractivity contribution < 1.29 is 9.42 Å². The Morgan fingerprint density at radius 2 is 1.96 bits per heavy atom. The SMILES string of the molecule is CC(C)c1ccc(C2CC(=O)CC(Nc3nonc3N)C2)cc1. The number of hydrogen-bond donors (Lipinski definition) is 2. The number of Topliss-reactive ketones (excluding diaryl/α,β-unsaturated/α-hetero) is 1. The molecule has 1 aromatic carbocycles. The Morgan fingerprint density at radius 1 is 1.22 bits per heavy atom. The van der Waals surface area contributed by atoms with E-state index < -0.39 is 0 Å². The van der Waals surface area contributed by atoms with E-state index in [-0.39, 0.29) is 23.6 Å². The third-order valence-corrected chi connectivity index (χ3v) is 4.45. The number of nitrogen functional groups attached to an aromatic ring is 1. The number of nitrogens with zero attached hydrogens (tertiary/aromatic N) is 2.